The zero-order chi connectivity index (χ0) is 22.1. The Morgan fingerprint density at radius 2 is 2.13 bits per heavy atom. The summed E-state index contributed by atoms with van der Waals surface area (Å²) in [4.78, 5) is 39.7. The molecule has 2 aromatic rings. The lowest BCUT2D eigenvalue weighted by Gasteiger charge is -2.25. The van der Waals surface area contributed by atoms with E-state index in [-0.39, 0.29) is 36.0 Å². The standard InChI is InChI=1S/C22H27FN6O2/c1-14-9-16(3-4-18(14)23)29-11-15(10-21(29)30)22(31)28-8-6-17(12-28)27(2)13-20-25-7-5-19(24)26-20/h3-5,7,9,15,17H,6,8,10-13H2,1-2H3,(H2,24,25,26). The lowest BCUT2D eigenvalue weighted by atomic mass is 10.1. The number of likely N-dealkylation sites (tertiary alicyclic amines) is 1. The van der Waals surface area contributed by atoms with Crippen LogP contribution in [0.1, 0.15) is 24.2 Å². The van der Waals surface area contributed by atoms with Crippen LogP contribution in [0.15, 0.2) is 30.5 Å². The number of likely N-dealkylation sites (N-methyl/N-ethyl adjacent to an activating group) is 1. The summed E-state index contributed by atoms with van der Waals surface area (Å²) in [6.07, 6.45) is 2.68. The van der Waals surface area contributed by atoms with Gasteiger partial charge in [0.15, 0.2) is 0 Å². The molecule has 2 amide bonds. The van der Waals surface area contributed by atoms with Gasteiger partial charge in [-0.25, -0.2) is 14.4 Å². The minimum Gasteiger partial charge on any atom is -0.384 e. The summed E-state index contributed by atoms with van der Waals surface area (Å²) in [5, 5.41) is 0. The highest BCUT2D eigenvalue weighted by Crippen LogP contribution is 2.29. The molecule has 9 heteroatoms. The number of halogens is 1. The maximum absolute atomic E-state index is 13.6. The SMILES string of the molecule is Cc1cc(N2CC(C(=O)N3CCC(N(C)Cc4nccc(N)n4)C3)CC2=O)ccc1F. The van der Waals surface area contributed by atoms with Crippen LogP contribution in [0.2, 0.25) is 0 Å². The van der Waals surface area contributed by atoms with Crippen molar-refractivity contribution in [2.75, 3.05) is 37.3 Å². The average molecular weight is 426 g/mol. The molecule has 0 saturated carbocycles. The molecule has 3 heterocycles. The van der Waals surface area contributed by atoms with Crippen LogP contribution >= 0.6 is 0 Å². The third-order valence-corrected chi connectivity index (χ3v) is 6.14. The summed E-state index contributed by atoms with van der Waals surface area (Å²) < 4.78 is 13.6. The Hall–Kier alpha value is -3.07. The number of nitrogens with zero attached hydrogens (tertiary/aromatic N) is 5. The minimum absolute atomic E-state index is 0.00536. The van der Waals surface area contributed by atoms with E-state index in [1.165, 1.54) is 6.07 Å². The number of carbonyl (C=O) groups excluding carboxylic acids is 2. The number of anilines is 2. The first kappa shape index (κ1) is 21.2. The summed E-state index contributed by atoms with van der Waals surface area (Å²) in [5.41, 5.74) is 6.85. The van der Waals surface area contributed by atoms with Gasteiger partial charge in [-0.15, -0.1) is 0 Å². The Balaban J connectivity index is 1.36. The van der Waals surface area contributed by atoms with E-state index >= 15 is 0 Å². The molecule has 2 N–H and O–H groups in total. The van der Waals surface area contributed by atoms with Crippen LogP contribution < -0.4 is 10.6 Å². The van der Waals surface area contributed by atoms with Crippen molar-refractivity contribution in [2.24, 2.45) is 5.92 Å². The molecule has 2 unspecified atom stereocenters. The molecule has 31 heavy (non-hydrogen) atoms. The van der Waals surface area contributed by atoms with E-state index in [1.807, 2.05) is 11.9 Å². The minimum atomic E-state index is -0.376. The second kappa shape index (κ2) is 8.58. The van der Waals surface area contributed by atoms with Gasteiger partial charge in [0.25, 0.3) is 0 Å². The number of amides is 2. The molecule has 2 saturated heterocycles. The number of rotatable bonds is 5. The van der Waals surface area contributed by atoms with Gasteiger partial charge >= 0.3 is 0 Å². The average Bonchev–Trinajstić information content (AvgIpc) is 3.37. The molecular weight excluding hydrogens is 399 g/mol. The highest BCUT2D eigenvalue weighted by Gasteiger charge is 2.39. The summed E-state index contributed by atoms with van der Waals surface area (Å²) in [6.45, 7) is 3.82. The van der Waals surface area contributed by atoms with Gasteiger partial charge in [-0.1, -0.05) is 0 Å². The van der Waals surface area contributed by atoms with Gasteiger partial charge in [0, 0.05) is 44.0 Å². The first-order valence-corrected chi connectivity index (χ1v) is 10.4. The lowest BCUT2D eigenvalue weighted by molar-refractivity contribution is -0.135. The van der Waals surface area contributed by atoms with Crippen molar-refractivity contribution in [1.82, 2.24) is 19.8 Å². The predicted octanol–water partition coefficient (Wildman–Crippen LogP) is 1.59. The summed E-state index contributed by atoms with van der Waals surface area (Å²) in [5.74, 6) is 0.312. The number of benzene rings is 1. The van der Waals surface area contributed by atoms with Crippen LogP contribution in [0, 0.1) is 18.7 Å². The van der Waals surface area contributed by atoms with Crippen molar-refractivity contribution in [3.05, 3.63) is 47.7 Å². The third-order valence-electron chi connectivity index (χ3n) is 6.14. The fraction of sp³-hybridized carbons (Fsp3) is 0.455. The molecule has 2 atom stereocenters. The van der Waals surface area contributed by atoms with Crippen LogP contribution in [0.25, 0.3) is 0 Å². The van der Waals surface area contributed by atoms with E-state index in [9.17, 15) is 14.0 Å². The summed E-state index contributed by atoms with van der Waals surface area (Å²) >= 11 is 0. The number of aryl methyl sites for hydroxylation is 1. The van der Waals surface area contributed by atoms with E-state index in [0.29, 0.717) is 49.1 Å². The molecule has 0 aliphatic carbocycles. The zero-order valence-corrected chi connectivity index (χ0v) is 17.8. The van der Waals surface area contributed by atoms with Crippen molar-refractivity contribution in [1.29, 1.82) is 0 Å². The van der Waals surface area contributed by atoms with Gasteiger partial charge in [0.05, 0.1) is 12.5 Å². The lowest BCUT2D eigenvalue weighted by Crippen LogP contribution is -2.39. The normalized spacial score (nSPS) is 21.4. The van der Waals surface area contributed by atoms with E-state index < -0.39 is 0 Å². The molecule has 2 aliphatic heterocycles. The number of aromatic nitrogens is 2. The maximum Gasteiger partial charge on any atom is 0.228 e. The Labute approximate surface area is 180 Å². The Kier molecular flexibility index (Phi) is 5.86. The van der Waals surface area contributed by atoms with Gasteiger partial charge in [-0.3, -0.25) is 14.5 Å². The predicted molar refractivity (Wildman–Crippen MR) is 114 cm³/mol. The zero-order valence-electron chi connectivity index (χ0n) is 17.8. The van der Waals surface area contributed by atoms with Crippen molar-refractivity contribution in [3.8, 4) is 0 Å². The molecule has 0 spiro atoms. The van der Waals surface area contributed by atoms with Gasteiger partial charge in [0.2, 0.25) is 11.8 Å². The first-order valence-electron chi connectivity index (χ1n) is 10.4. The number of hydrogen-bond acceptors (Lipinski definition) is 6. The second-order valence-corrected chi connectivity index (χ2v) is 8.38. The molecular formula is C22H27FN6O2. The van der Waals surface area contributed by atoms with Gasteiger partial charge in [-0.05, 0) is 50.2 Å². The monoisotopic (exact) mass is 426 g/mol. The molecule has 4 rings (SSSR count). The number of nitrogen functional groups attached to an aromatic ring is 1. The summed E-state index contributed by atoms with van der Waals surface area (Å²) in [6, 6.07) is 6.45. The molecule has 1 aromatic heterocycles. The second-order valence-electron chi connectivity index (χ2n) is 8.38. The molecule has 2 aliphatic rings. The number of hydrogen-bond donors (Lipinski definition) is 1. The van der Waals surface area contributed by atoms with Crippen LogP contribution in [0.3, 0.4) is 0 Å². The van der Waals surface area contributed by atoms with Crippen LogP contribution in [-0.4, -0.2) is 64.3 Å². The van der Waals surface area contributed by atoms with E-state index in [0.717, 1.165) is 6.42 Å². The van der Waals surface area contributed by atoms with Gasteiger partial charge in [0.1, 0.15) is 17.5 Å². The van der Waals surface area contributed by atoms with Crippen LogP contribution in [0.5, 0.6) is 0 Å². The van der Waals surface area contributed by atoms with E-state index in [1.54, 1.807) is 36.2 Å². The van der Waals surface area contributed by atoms with Gasteiger partial charge in [-0.2, -0.15) is 0 Å². The molecule has 0 radical (unpaired) electrons. The highest BCUT2D eigenvalue weighted by atomic mass is 19.1. The molecule has 2 fully saturated rings. The van der Waals surface area contributed by atoms with E-state index in [4.69, 9.17) is 5.73 Å². The molecule has 0 bridgehead atoms. The number of carbonyl (C=O) groups is 2. The maximum atomic E-state index is 13.6. The number of nitrogens with two attached hydrogens (primary N) is 1. The van der Waals surface area contributed by atoms with Crippen LogP contribution in [-0.2, 0) is 16.1 Å². The van der Waals surface area contributed by atoms with Gasteiger partial charge < -0.3 is 15.5 Å². The molecule has 164 valence electrons. The Morgan fingerprint density at radius 3 is 2.87 bits per heavy atom. The van der Waals surface area contributed by atoms with Crippen molar-refractivity contribution < 1.29 is 14.0 Å². The summed E-state index contributed by atoms with van der Waals surface area (Å²) in [7, 11) is 1.99. The van der Waals surface area contributed by atoms with Crippen molar-refractivity contribution in [2.45, 2.75) is 32.4 Å². The largest absolute Gasteiger partial charge is 0.384 e. The quantitative estimate of drug-likeness (QED) is 0.780. The van der Waals surface area contributed by atoms with Crippen LogP contribution in [0.4, 0.5) is 15.9 Å². The first-order chi connectivity index (χ1) is 14.8. The Bertz CT molecular complexity index is 1000. The molecule has 8 nitrogen and oxygen atoms in total. The third kappa shape index (κ3) is 4.51. The molecule has 1 aromatic carbocycles. The van der Waals surface area contributed by atoms with Crippen molar-refractivity contribution in [3.63, 3.8) is 0 Å². The fourth-order valence-electron chi connectivity index (χ4n) is 4.32. The van der Waals surface area contributed by atoms with E-state index in [2.05, 4.69) is 14.9 Å². The fourth-order valence-corrected chi connectivity index (χ4v) is 4.32. The Morgan fingerprint density at radius 1 is 1.32 bits per heavy atom. The topological polar surface area (TPSA) is 95.7 Å². The highest BCUT2D eigenvalue weighted by molar-refractivity contribution is 6.00. The smallest absolute Gasteiger partial charge is 0.228 e. The van der Waals surface area contributed by atoms with Crippen molar-refractivity contribution >= 4 is 23.3 Å².